The summed E-state index contributed by atoms with van der Waals surface area (Å²) in [6.07, 6.45) is -0.121. The Morgan fingerprint density at radius 3 is 2.61 bits per heavy atom. The van der Waals surface area contributed by atoms with Crippen molar-refractivity contribution in [1.29, 1.82) is 0 Å². The van der Waals surface area contributed by atoms with Crippen molar-refractivity contribution in [3.63, 3.8) is 0 Å². The summed E-state index contributed by atoms with van der Waals surface area (Å²) in [4.78, 5) is 23.3. The number of amides is 1. The Kier molecular flexibility index (Phi) is 6.42. The maximum absolute atomic E-state index is 12.2. The summed E-state index contributed by atoms with van der Waals surface area (Å²) in [5, 5.41) is 12.5. The van der Waals surface area contributed by atoms with Gasteiger partial charge >= 0.3 is 5.97 Å². The van der Waals surface area contributed by atoms with E-state index in [2.05, 4.69) is 5.32 Å². The van der Waals surface area contributed by atoms with E-state index in [4.69, 9.17) is 20.0 Å². The van der Waals surface area contributed by atoms with Gasteiger partial charge in [0.05, 0.1) is 6.42 Å². The number of fused-ring (bicyclic) bond motifs is 1. The molecule has 0 radical (unpaired) electrons. The number of rotatable bonds is 8. The molecule has 0 fully saturated rings. The van der Waals surface area contributed by atoms with Gasteiger partial charge in [0.2, 0.25) is 0 Å². The molecule has 7 heteroatoms. The van der Waals surface area contributed by atoms with E-state index >= 15 is 0 Å². The number of carboxylic acid groups (broad SMARTS) is 1. The molecule has 0 saturated heterocycles. The third-order valence-corrected chi connectivity index (χ3v) is 5.31. The van der Waals surface area contributed by atoms with Crippen LogP contribution in [0.2, 0.25) is 0 Å². The number of nitrogens with one attached hydrogen (secondary N) is 1. The average Bonchev–Trinajstić information content (AvgIpc) is 3.26. The number of carbonyl (C=O) groups excluding carboxylic acids is 1. The first-order valence-corrected chi connectivity index (χ1v) is 10.5. The molecule has 4 N–H and O–H groups in total. The van der Waals surface area contributed by atoms with Crippen LogP contribution in [0.5, 0.6) is 5.75 Å². The van der Waals surface area contributed by atoms with Crippen molar-refractivity contribution in [2.24, 2.45) is 5.73 Å². The zero-order chi connectivity index (χ0) is 23.4. The van der Waals surface area contributed by atoms with Crippen LogP contribution < -0.4 is 15.8 Å². The van der Waals surface area contributed by atoms with Gasteiger partial charge in [-0.3, -0.25) is 9.59 Å². The van der Waals surface area contributed by atoms with Crippen LogP contribution in [0.15, 0.2) is 71.1 Å². The Labute approximate surface area is 190 Å². The van der Waals surface area contributed by atoms with Crippen molar-refractivity contribution in [2.45, 2.75) is 19.6 Å². The van der Waals surface area contributed by atoms with Crippen molar-refractivity contribution in [1.82, 2.24) is 5.32 Å². The van der Waals surface area contributed by atoms with Gasteiger partial charge in [-0.25, -0.2) is 0 Å². The van der Waals surface area contributed by atoms with Crippen LogP contribution in [0.25, 0.3) is 22.1 Å². The predicted molar refractivity (Wildman–Crippen MR) is 125 cm³/mol. The topological polar surface area (TPSA) is 115 Å². The van der Waals surface area contributed by atoms with Gasteiger partial charge in [-0.05, 0) is 47.0 Å². The lowest BCUT2D eigenvalue weighted by atomic mass is 9.99. The van der Waals surface area contributed by atoms with Crippen molar-refractivity contribution in [3.8, 4) is 16.9 Å². The number of nitrogens with two attached hydrogens (primary N) is 1. The highest BCUT2D eigenvalue weighted by atomic mass is 16.5. The largest absolute Gasteiger partial charge is 0.489 e. The molecule has 0 saturated carbocycles. The van der Waals surface area contributed by atoms with E-state index in [1.165, 1.54) is 0 Å². The van der Waals surface area contributed by atoms with Crippen LogP contribution in [0.1, 0.15) is 27.2 Å². The van der Waals surface area contributed by atoms with Gasteiger partial charge in [0, 0.05) is 30.1 Å². The molecule has 33 heavy (non-hydrogen) atoms. The van der Waals surface area contributed by atoms with Crippen molar-refractivity contribution in [3.05, 3.63) is 89.2 Å². The SMILES string of the molecule is CNC(=O)c1cc2cc(COc3ccccc3CC(=O)O)cc(-c3cccc(CN)c3)c2o1. The molecule has 4 rings (SSSR count). The molecule has 0 unspecified atom stereocenters. The number of hydrogen-bond acceptors (Lipinski definition) is 5. The number of carboxylic acids is 1. The summed E-state index contributed by atoms with van der Waals surface area (Å²) < 4.78 is 11.9. The third kappa shape index (κ3) is 4.88. The molecule has 1 heterocycles. The molecule has 1 aromatic heterocycles. The van der Waals surface area contributed by atoms with Gasteiger partial charge < -0.3 is 25.3 Å². The molecule has 0 atom stereocenters. The minimum atomic E-state index is -0.922. The first-order chi connectivity index (χ1) is 16.0. The lowest BCUT2D eigenvalue weighted by molar-refractivity contribution is -0.136. The lowest BCUT2D eigenvalue weighted by Crippen LogP contribution is -2.16. The predicted octanol–water partition coefficient (Wildman–Crippen LogP) is 4.12. The van der Waals surface area contributed by atoms with E-state index in [9.17, 15) is 9.59 Å². The second kappa shape index (κ2) is 9.58. The number of aliphatic carboxylic acids is 1. The highest BCUT2D eigenvalue weighted by Crippen LogP contribution is 2.34. The smallest absolute Gasteiger partial charge is 0.307 e. The van der Waals surface area contributed by atoms with Gasteiger partial charge in [-0.15, -0.1) is 0 Å². The molecule has 0 spiro atoms. The van der Waals surface area contributed by atoms with E-state index in [-0.39, 0.29) is 24.7 Å². The highest BCUT2D eigenvalue weighted by Gasteiger charge is 2.17. The maximum atomic E-state index is 12.2. The summed E-state index contributed by atoms with van der Waals surface area (Å²) in [5.41, 5.74) is 10.6. The van der Waals surface area contributed by atoms with Gasteiger partial charge in [0.15, 0.2) is 5.76 Å². The standard InChI is InChI=1S/C26H24N2O5/c1-28-26(31)23-12-20-10-17(15-32-22-8-3-2-6-19(22)13-24(29)30)11-21(25(20)33-23)18-7-4-5-16(9-18)14-27/h2-12H,13-15,27H2,1H3,(H,28,31)(H,29,30). The van der Waals surface area contributed by atoms with Crippen LogP contribution in [-0.4, -0.2) is 24.0 Å². The number of hydrogen-bond donors (Lipinski definition) is 3. The minimum Gasteiger partial charge on any atom is -0.489 e. The number of benzene rings is 3. The summed E-state index contributed by atoms with van der Waals surface area (Å²) in [6, 6.07) is 20.5. The van der Waals surface area contributed by atoms with Crippen molar-refractivity contribution in [2.75, 3.05) is 7.05 Å². The van der Waals surface area contributed by atoms with Gasteiger partial charge in [-0.2, -0.15) is 0 Å². The molecule has 168 valence electrons. The van der Waals surface area contributed by atoms with Crippen LogP contribution >= 0.6 is 0 Å². The second-order valence-electron chi connectivity index (χ2n) is 7.62. The Hall–Kier alpha value is -4.10. The van der Waals surface area contributed by atoms with Crippen LogP contribution in [-0.2, 0) is 24.4 Å². The second-order valence-corrected chi connectivity index (χ2v) is 7.62. The monoisotopic (exact) mass is 444 g/mol. The normalized spacial score (nSPS) is 10.8. The van der Waals surface area contributed by atoms with Gasteiger partial charge in [0.25, 0.3) is 5.91 Å². The van der Waals surface area contributed by atoms with Crippen LogP contribution in [0.3, 0.4) is 0 Å². The zero-order valence-electron chi connectivity index (χ0n) is 18.1. The van der Waals surface area contributed by atoms with Gasteiger partial charge in [-0.1, -0.05) is 36.4 Å². The van der Waals surface area contributed by atoms with E-state index in [0.717, 1.165) is 27.6 Å². The summed E-state index contributed by atoms with van der Waals surface area (Å²) in [5.74, 6) is -0.499. The molecule has 0 aliphatic rings. The van der Waals surface area contributed by atoms with Crippen molar-refractivity contribution >= 4 is 22.8 Å². The lowest BCUT2D eigenvalue weighted by Gasteiger charge is -2.12. The molecule has 0 aliphatic heterocycles. The fourth-order valence-corrected chi connectivity index (χ4v) is 3.73. The van der Waals surface area contributed by atoms with E-state index in [1.807, 2.05) is 36.4 Å². The molecule has 3 aromatic carbocycles. The molecule has 7 nitrogen and oxygen atoms in total. The first kappa shape index (κ1) is 22.1. The highest BCUT2D eigenvalue weighted by molar-refractivity contribution is 6.00. The summed E-state index contributed by atoms with van der Waals surface area (Å²) >= 11 is 0. The third-order valence-electron chi connectivity index (χ3n) is 5.31. The van der Waals surface area contributed by atoms with E-state index in [0.29, 0.717) is 23.4 Å². The average molecular weight is 444 g/mol. The minimum absolute atomic E-state index is 0.121. The number of carbonyl (C=O) groups is 2. The molecule has 1 amide bonds. The van der Waals surface area contributed by atoms with E-state index in [1.54, 1.807) is 37.4 Å². The number of furan rings is 1. The van der Waals surface area contributed by atoms with E-state index < -0.39 is 5.97 Å². The molecular weight excluding hydrogens is 420 g/mol. The van der Waals surface area contributed by atoms with Crippen LogP contribution in [0.4, 0.5) is 0 Å². The number of para-hydroxylation sites is 1. The van der Waals surface area contributed by atoms with Gasteiger partial charge in [0.1, 0.15) is 17.9 Å². The Bertz CT molecular complexity index is 1330. The fourth-order valence-electron chi connectivity index (χ4n) is 3.73. The Morgan fingerprint density at radius 2 is 1.85 bits per heavy atom. The van der Waals surface area contributed by atoms with Crippen molar-refractivity contribution < 1.29 is 23.8 Å². The van der Waals surface area contributed by atoms with Crippen LogP contribution in [0, 0.1) is 0 Å². The number of ether oxygens (including phenoxy) is 1. The zero-order valence-corrected chi connectivity index (χ0v) is 18.1. The molecule has 0 aliphatic carbocycles. The maximum Gasteiger partial charge on any atom is 0.307 e. The Balaban J connectivity index is 1.75. The summed E-state index contributed by atoms with van der Waals surface area (Å²) in [7, 11) is 1.55. The summed E-state index contributed by atoms with van der Waals surface area (Å²) in [6.45, 7) is 0.623. The molecular formula is C26H24N2O5. The first-order valence-electron chi connectivity index (χ1n) is 10.5. The molecule has 0 bridgehead atoms. The quantitative estimate of drug-likeness (QED) is 0.377. The Morgan fingerprint density at radius 1 is 1.03 bits per heavy atom. The molecule has 4 aromatic rings. The fraction of sp³-hybridized carbons (Fsp3) is 0.154.